The smallest absolute Gasteiger partial charge is 0.276 e. The normalized spacial score (nSPS) is 12.1. The van der Waals surface area contributed by atoms with Crippen molar-refractivity contribution >= 4 is 21.0 Å². The summed E-state index contributed by atoms with van der Waals surface area (Å²) in [6, 6.07) is 21.1. The Labute approximate surface area is 207 Å². The quantitative estimate of drug-likeness (QED) is 0.338. The van der Waals surface area contributed by atoms with Crippen LogP contribution in [0.5, 0.6) is 5.75 Å². The molecular weight excluding hydrogens is 480 g/mol. The summed E-state index contributed by atoms with van der Waals surface area (Å²) in [4.78, 5) is 6.84. The zero-order valence-electron chi connectivity index (χ0n) is 19.7. The van der Waals surface area contributed by atoms with Crippen LogP contribution >= 0.6 is 0 Å². The van der Waals surface area contributed by atoms with Gasteiger partial charge in [-0.05, 0) is 73.5 Å². The zero-order chi connectivity index (χ0) is 25.3. The summed E-state index contributed by atoms with van der Waals surface area (Å²) in [5.74, 6) is 1.18. The Hall–Kier alpha value is -4.44. The number of nitrogens with one attached hydrogen (secondary N) is 1. The molecule has 2 aromatic heterocycles. The zero-order valence-corrected chi connectivity index (χ0v) is 20.5. The van der Waals surface area contributed by atoms with E-state index in [0.29, 0.717) is 22.7 Å². The maximum absolute atomic E-state index is 12.9. The molecule has 5 rings (SSSR count). The summed E-state index contributed by atoms with van der Waals surface area (Å²) < 4.78 is 42.5. The average molecular weight is 503 g/mol. The van der Waals surface area contributed by atoms with E-state index in [0.717, 1.165) is 22.1 Å². The van der Waals surface area contributed by atoms with Crippen LogP contribution in [0.3, 0.4) is 0 Å². The third-order valence-electron chi connectivity index (χ3n) is 5.72. The number of benzene rings is 3. The van der Waals surface area contributed by atoms with Crippen LogP contribution < -0.4 is 15.1 Å². The Morgan fingerprint density at radius 3 is 2.47 bits per heavy atom. The molecule has 0 fully saturated rings. The molecule has 0 aliphatic rings. The molecule has 0 radical (unpaired) electrons. The molecule has 0 unspecified atom stereocenters. The second-order valence-corrected chi connectivity index (χ2v) is 9.77. The highest BCUT2D eigenvalue weighted by molar-refractivity contribution is 7.89. The van der Waals surface area contributed by atoms with Crippen molar-refractivity contribution in [1.82, 2.24) is 15.0 Å². The number of sulfonamides is 1. The first-order valence-electron chi connectivity index (χ1n) is 11.0. The predicted molar refractivity (Wildman–Crippen MR) is 133 cm³/mol. The fourth-order valence-corrected chi connectivity index (χ4v) is 4.42. The standard InChI is InChI=1S/C26H22N4O5S/c1-16-8-13-21(14-17(16)2)36(31,32)30-28-26-22(15-19-6-4-5-7-23(19)34-26)25-27-24(29-35-25)18-9-11-20(33-3)12-10-18/h4-15,30H,1-3H3/b28-26+. The number of aromatic nitrogens is 2. The van der Waals surface area contributed by atoms with E-state index >= 15 is 0 Å². The number of aryl methyl sites for hydroxylation is 2. The monoisotopic (exact) mass is 502 g/mol. The van der Waals surface area contributed by atoms with Crippen LogP contribution in [-0.2, 0) is 10.0 Å². The Morgan fingerprint density at radius 2 is 1.72 bits per heavy atom. The molecule has 0 aliphatic heterocycles. The number of ether oxygens (including phenoxy) is 1. The number of nitrogens with zero attached hydrogens (tertiary/aromatic N) is 3. The number of rotatable bonds is 6. The topological polar surface area (TPSA) is 120 Å². The molecule has 0 aliphatic carbocycles. The average Bonchev–Trinajstić information content (AvgIpc) is 3.39. The largest absolute Gasteiger partial charge is 0.497 e. The van der Waals surface area contributed by atoms with Gasteiger partial charge in [-0.15, -0.1) is 5.10 Å². The minimum Gasteiger partial charge on any atom is -0.497 e. The van der Waals surface area contributed by atoms with Crippen LogP contribution in [0.4, 0.5) is 0 Å². The maximum atomic E-state index is 12.9. The van der Waals surface area contributed by atoms with Crippen LogP contribution in [0.15, 0.2) is 91.7 Å². The Kier molecular flexibility index (Phi) is 6.03. The second kappa shape index (κ2) is 9.31. The second-order valence-electron chi connectivity index (χ2n) is 8.11. The van der Waals surface area contributed by atoms with Gasteiger partial charge in [0.05, 0.1) is 12.0 Å². The molecule has 36 heavy (non-hydrogen) atoms. The summed E-state index contributed by atoms with van der Waals surface area (Å²) in [5, 5.41) is 8.91. The molecule has 0 amide bonds. The lowest BCUT2D eigenvalue weighted by molar-refractivity contribution is 0.414. The first kappa shape index (κ1) is 23.3. The van der Waals surface area contributed by atoms with E-state index in [4.69, 9.17) is 13.7 Å². The maximum Gasteiger partial charge on any atom is 0.276 e. The van der Waals surface area contributed by atoms with E-state index in [1.807, 2.05) is 32.0 Å². The Bertz CT molecular complexity index is 1740. The van der Waals surface area contributed by atoms with Crippen molar-refractivity contribution in [2.45, 2.75) is 18.7 Å². The highest BCUT2D eigenvalue weighted by Gasteiger charge is 2.18. The molecule has 0 saturated carbocycles. The summed E-state index contributed by atoms with van der Waals surface area (Å²) in [6.07, 6.45) is 0. The van der Waals surface area contributed by atoms with Gasteiger partial charge in [-0.3, -0.25) is 0 Å². The van der Waals surface area contributed by atoms with Gasteiger partial charge in [0.25, 0.3) is 15.9 Å². The van der Waals surface area contributed by atoms with E-state index in [1.54, 1.807) is 55.6 Å². The van der Waals surface area contributed by atoms with Crippen molar-refractivity contribution in [3.63, 3.8) is 0 Å². The van der Waals surface area contributed by atoms with Gasteiger partial charge in [-0.25, -0.2) is 0 Å². The van der Waals surface area contributed by atoms with E-state index in [9.17, 15) is 8.42 Å². The first-order chi connectivity index (χ1) is 17.3. The molecule has 1 N–H and O–H groups in total. The van der Waals surface area contributed by atoms with Crippen molar-refractivity contribution < 1.29 is 22.1 Å². The van der Waals surface area contributed by atoms with Gasteiger partial charge in [-0.1, -0.05) is 29.4 Å². The van der Waals surface area contributed by atoms with Crippen molar-refractivity contribution in [2.75, 3.05) is 7.11 Å². The van der Waals surface area contributed by atoms with Crippen LogP contribution in [0.1, 0.15) is 11.1 Å². The van der Waals surface area contributed by atoms with E-state index in [1.165, 1.54) is 6.07 Å². The molecule has 0 spiro atoms. The lowest BCUT2D eigenvalue weighted by Gasteiger charge is -2.06. The minimum absolute atomic E-state index is 0.0222. The summed E-state index contributed by atoms with van der Waals surface area (Å²) in [6.45, 7) is 3.76. The molecule has 10 heteroatoms. The summed E-state index contributed by atoms with van der Waals surface area (Å²) >= 11 is 0. The highest BCUT2D eigenvalue weighted by Crippen LogP contribution is 2.24. The molecule has 2 heterocycles. The van der Waals surface area contributed by atoms with Gasteiger partial charge in [0.1, 0.15) is 16.9 Å². The Balaban J connectivity index is 1.58. The van der Waals surface area contributed by atoms with Gasteiger partial charge in [0, 0.05) is 10.9 Å². The van der Waals surface area contributed by atoms with Crippen molar-refractivity contribution in [1.29, 1.82) is 0 Å². The summed E-state index contributed by atoms with van der Waals surface area (Å²) in [5.41, 5.74) is 3.39. The molecule has 182 valence electrons. The number of methoxy groups -OCH3 is 1. The molecule has 0 bridgehead atoms. The van der Waals surface area contributed by atoms with Crippen LogP contribution in [-0.4, -0.2) is 25.7 Å². The van der Waals surface area contributed by atoms with Crippen molar-refractivity contribution in [3.8, 4) is 28.6 Å². The molecule has 9 nitrogen and oxygen atoms in total. The fraction of sp³-hybridized carbons (Fsp3) is 0.115. The van der Waals surface area contributed by atoms with Crippen LogP contribution in [0.25, 0.3) is 33.8 Å². The van der Waals surface area contributed by atoms with E-state index < -0.39 is 10.0 Å². The highest BCUT2D eigenvalue weighted by atomic mass is 32.2. The van der Waals surface area contributed by atoms with E-state index in [2.05, 4.69) is 20.1 Å². The van der Waals surface area contributed by atoms with Crippen LogP contribution in [0, 0.1) is 13.8 Å². The molecule has 0 atom stereocenters. The molecular formula is C26H22N4O5S. The van der Waals surface area contributed by atoms with Crippen LogP contribution in [0.2, 0.25) is 0 Å². The molecule has 0 saturated heterocycles. The summed E-state index contributed by atoms with van der Waals surface area (Å²) in [7, 11) is -2.36. The number of hydrogen-bond donors (Lipinski definition) is 1. The Morgan fingerprint density at radius 1 is 0.944 bits per heavy atom. The lowest BCUT2D eigenvalue weighted by atomic mass is 10.1. The number of hydrogen-bond acceptors (Lipinski definition) is 8. The first-order valence-corrected chi connectivity index (χ1v) is 12.5. The van der Waals surface area contributed by atoms with Crippen molar-refractivity contribution in [3.05, 3.63) is 89.5 Å². The molecule has 3 aromatic carbocycles. The third-order valence-corrected chi connectivity index (χ3v) is 6.92. The minimum atomic E-state index is -3.95. The SMILES string of the molecule is COc1ccc(-c2noc(-c3cc4ccccc4o/c3=N/NS(=O)(=O)c3ccc(C)c(C)c3)n2)cc1. The van der Waals surface area contributed by atoms with Crippen molar-refractivity contribution in [2.24, 2.45) is 5.10 Å². The lowest BCUT2D eigenvalue weighted by Crippen LogP contribution is -2.22. The fourth-order valence-electron chi connectivity index (χ4n) is 3.53. The third kappa shape index (κ3) is 4.58. The van der Waals surface area contributed by atoms with E-state index in [-0.39, 0.29) is 16.3 Å². The van der Waals surface area contributed by atoms with Gasteiger partial charge in [0.15, 0.2) is 0 Å². The number of fused-ring (bicyclic) bond motifs is 1. The van der Waals surface area contributed by atoms with Gasteiger partial charge in [0.2, 0.25) is 11.4 Å². The van der Waals surface area contributed by atoms with Gasteiger partial charge in [-0.2, -0.15) is 18.2 Å². The predicted octanol–water partition coefficient (Wildman–Crippen LogP) is 4.57. The van der Waals surface area contributed by atoms with Gasteiger partial charge < -0.3 is 13.7 Å². The molecule has 5 aromatic rings. The number of para-hydroxylation sites is 1. The van der Waals surface area contributed by atoms with Gasteiger partial charge >= 0.3 is 0 Å².